The molecule has 0 saturated carbocycles. The number of aromatic carboxylic acids is 1. The maximum absolute atomic E-state index is 11.6. The quantitative estimate of drug-likeness (QED) is 0.638. The number of nitrogens with zero attached hydrogens (tertiary/aromatic N) is 1. The van der Waals surface area contributed by atoms with Gasteiger partial charge in [-0.2, -0.15) is 0 Å². The molecule has 1 aromatic heterocycles. The second kappa shape index (κ2) is 9.01. The molecule has 0 aliphatic carbocycles. The molecule has 148 valence electrons. The number of pyridine rings is 1. The van der Waals surface area contributed by atoms with Crippen LogP contribution in [0.3, 0.4) is 0 Å². The number of fused-ring (bicyclic) bond motifs is 1. The van der Waals surface area contributed by atoms with Gasteiger partial charge in [0, 0.05) is 11.9 Å². The molecule has 6 heteroatoms. The van der Waals surface area contributed by atoms with Crippen LogP contribution in [0, 0.1) is 6.92 Å². The van der Waals surface area contributed by atoms with Crippen LogP contribution >= 0.6 is 0 Å². The lowest BCUT2D eigenvalue weighted by molar-refractivity contribution is -0.122. The number of carboxylic acid groups (broad SMARTS) is 1. The molecule has 3 rings (SSSR count). The number of aromatic nitrogens is 1. The monoisotopic (exact) mass is 390 g/mol. The number of nitrogens with one attached hydrogen (secondary N) is 1. The Labute approximate surface area is 168 Å². The zero-order valence-corrected chi connectivity index (χ0v) is 16.3. The second-order valence-electron chi connectivity index (χ2n) is 6.56. The molecule has 0 spiro atoms. The first-order valence-corrected chi connectivity index (χ1v) is 9.28. The van der Waals surface area contributed by atoms with E-state index in [1.807, 2.05) is 50.3 Å². The van der Waals surface area contributed by atoms with Crippen molar-refractivity contribution in [3.8, 4) is 5.75 Å². The summed E-state index contributed by atoms with van der Waals surface area (Å²) in [6.07, 6.45) is 3.62. The minimum Gasteiger partial charge on any atom is -0.484 e. The highest BCUT2D eigenvalue weighted by atomic mass is 16.5. The maximum Gasteiger partial charge on any atom is 0.336 e. The summed E-state index contributed by atoms with van der Waals surface area (Å²) in [6.45, 7) is 4.31. The van der Waals surface area contributed by atoms with Crippen molar-refractivity contribution >= 4 is 34.9 Å². The number of carbonyl (C=O) groups excluding carboxylic acids is 1. The molecule has 0 unspecified atom stereocenters. The molecule has 0 aliphatic rings. The molecular formula is C23H22N2O4. The normalized spacial score (nSPS) is 11.0. The zero-order chi connectivity index (χ0) is 20.8. The van der Waals surface area contributed by atoms with Crippen molar-refractivity contribution in [3.63, 3.8) is 0 Å². The van der Waals surface area contributed by atoms with E-state index in [0.29, 0.717) is 28.9 Å². The van der Waals surface area contributed by atoms with Crippen molar-refractivity contribution in [3.05, 3.63) is 70.9 Å². The molecule has 0 saturated heterocycles. The number of benzene rings is 2. The van der Waals surface area contributed by atoms with Crippen LogP contribution in [-0.2, 0) is 4.79 Å². The fourth-order valence-electron chi connectivity index (χ4n) is 2.88. The number of hydrogen-bond donors (Lipinski definition) is 2. The van der Waals surface area contributed by atoms with Crippen molar-refractivity contribution < 1.29 is 19.4 Å². The highest BCUT2D eigenvalue weighted by Gasteiger charge is 2.11. The number of rotatable bonds is 7. The molecule has 6 nitrogen and oxygen atoms in total. The summed E-state index contributed by atoms with van der Waals surface area (Å²) < 4.78 is 5.42. The lowest BCUT2D eigenvalue weighted by Gasteiger charge is -2.06. The first-order valence-electron chi connectivity index (χ1n) is 9.28. The van der Waals surface area contributed by atoms with E-state index in [1.165, 1.54) is 0 Å². The van der Waals surface area contributed by atoms with Gasteiger partial charge in [-0.3, -0.25) is 4.79 Å². The zero-order valence-electron chi connectivity index (χ0n) is 16.3. The Morgan fingerprint density at radius 3 is 2.55 bits per heavy atom. The molecule has 1 amide bonds. The van der Waals surface area contributed by atoms with E-state index in [-0.39, 0.29) is 18.1 Å². The van der Waals surface area contributed by atoms with Gasteiger partial charge in [0.25, 0.3) is 5.91 Å². The molecule has 0 aliphatic heterocycles. The number of carbonyl (C=O) groups is 2. The third-order valence-corrected chi connectivity index (χ3v) is 4.28. The first kappa shape index (κ1) is 20.1. The molecule has 0 atom stereocenters. The summed E-state index contributed by atoms with van der Waals surface area (Å²) in [5.74, 6) is -0.546. The number of amides is 1. The summed E-state index contributed by atoms with van der Waals surface area (Å²) in [6, 6.07) is 14.4. The van der Waals surface area contributed by atoms with Gasteiger partial charge >= 0.3 is 5.97 Å². The minimum atomic E-state index is -0.980. The lowest BCUT2D eigenvalue weighted by atomic mass is 10.0. The number of carboxylic acids is 1. The van der Waals surface area contributed by atoms with Crippen LogP contribution < -0.4 is 10.1 Å². The third-order valence-electron chi connectivity index (χ3n) is 4.28. The van der Waals surface area contributed by atoms with Gasteiger partial charge < -0.3 is 15.2 Å². The lowest BCUT2D eigenvalue weighted by Crippen LogP contribution is -2.28. The number of aryl methyl sites for hydroxylation is 1. The van der Waals surface area contributed by atoms with E-state index >= 15 is 0 Å². The number of hydrogen-bond acceptors (Lipinski definition) is 4. The Morgan fingerprint density at radius 1 is 1.10 bits per heavy atom. The molecule has 2 aromatic carbocycles. The van der Waals surface area contributed by atoms with Crippen LogP contribution in [0.5, 0.6) is 5.75 Å². The first-order chi connectivity index (χ1) is 14.0. The smallest absolute Gasteiger partial charge is 0.336 e. The SMILES string of the molecule is CCNC(=O)COc1ccc(/C=C/c2cc(C(=O)O)c3cc(C)ccc3n2)cc1. The van der Waals surface area contributed by atoms with E-state index < -0.39 is 5.97 Å². The topological polar surface area (TPSA) is 88.5 Å². The van der Waals surface area contributed by atoms with Crippen molar-refractivity contribution in [2.45, 2.75) is 13.8 Å². The standard InChI is InChI=1S/C23H22N2O4/c1-3-24-22(26)14-29-18-9-6-16(7-10-18)5-8-17-13-20(23(27)28)19-12-15(2)4-11-21(19)25-17/h4-13H,3,14H2,1-2H3,(H,24,26)(H,27,28)/b8-5+. The van der Waals surface area contributed by atoms with Crippen LogP contribution in [0.2, 0.25) is 0 Å². The summed E-state index contributed by atoms with van der Waals surface area (Å²) in [4.78, 5) is 27.6. The van der Waals surface area contributed by atoms with Gasteiger partial charge in [-0.1, -0.05) is 29.8 Å². The summed E-state index contributed by atoms with van der Waals surface area (Å²) >= 11 is 0. The molecule has 29 heavy (non-hydrogen) atoms. The predicted octanol–water partition coefficient (Wildman–Crippen LogP) is 3.93. The maximum atomic E-state index is 11.6. The Hall–Kier alpha value is -3.67. The van der Waals surface area contributed by atoms with E-state index in [4.69, 9.17) is 4.74 Å². The van der Waals surface area contributed by atoms with Gasteiger partial charge in [0.1, 0.15) is 5.75 Å². The van der Waals surface area contributed by atoms with Crippen LogP contribution in [0.4, 0.5) is 0 Å². The molecule has 0 fully saturated rings. The largest absolute Gasteiger partial charge is 0.484 e. The van der Waals surface area contributed by atoms with E-state index in [0.717, 1.165) is 11.1 Å². The predicted molar refractivity (Wildman–Crippen MR) is 113 cm³/mol. The summed E-state index contributed by atoms with van der Waals surface area (Å²) in [7, 11) is 0. The average Bonchev–Trinajstić information content (AvgIpc) is 2.71. The van der Waals surface area contributed by atoms with Crippen LogP contribution in [0.25, 0.3) is 23.1 Å². The van der Waals surface area contributed by atoms with Gasteiger partial charge in [-0.05, 0) is 55.8 Å². The van der Waals surface area contributed by atoms with Crippen molar-refractivity contribution in [1.82, 2.24) is 10.3 Å². The Bertz CT molecular complexity index is 1070. The third kappa shape index (κ3) is 5.19. The Kier molecular flexibility index (Phi) is 6.24. The van der Waals surface area contributed by atoms with Crippen LogP contribution in [0.15, 0.2) is 48.5 Å². The second-order valence-corrected chi connectivity index (χ2v) is 6.56. The van der Waals surface area contributed by atoms with E-state index in [9.17, 15) is 14.7 Å². The van der Waals surface area contributed by atoms with Gasteiger partial charge in [0.2, 0.25) is 0 Å². The molecule has 0 bridgehead atoms. The van der Waals surface area contributed by atoms with Gasteiger partial charge in [-0.25, -0.2) is 9.78 Å². The molecule has 2 N–H and O–H groups in total. The van der Waals surface area contributed by atoms with E-state index in [1.54, 1.807) is 24.3 Å². The number of ether oxygens (including phenoxy) is 1. The Balaban J connectivity index is 1.77. The average molecular weight is 390 g/mol. The van der Waals surface area contributed by atoms with Gasteiger partial charge in [-0.15, -0.1) is 0 Å². The minimum absolute atomic E-state index is 0.0263. The molecule has 1 heterocycles. The molecule has 0 radical (unpaired) electrons. The van der Waals surface area contributed by atoms with Gasteiger partial charge in [0.15, 0.2) is 6.61 Å². The summed E-state index contributed by atoms with van der Waals surface area (Å²) in [5.41, 5.74) is 3.32. The van der Waals surface area contributed by atoms with Crippen LogP contribution in [0.1, 0.15) is 34.1 Å². The van der Waals surface area contributed by atoms with Crippen molar-refractivity contribution in [2.24, 2.45) is 0 Å². The van der Waals surface area contributed by atoms with Crippen molar-refractivity contribution in [1.29, 1.82) is 0 Å². The molecular weight excluding hydrogens is 368 g/mol. The molecule has 3 aromatic rings. The fraction of sp³-hybridized carbons (Fsp3) is 0.174. The Morgan fingerprint density at radius 2 is 1.86 bits per heavy atom. The highest BCUT2D eigenvalue weighted by Crippen LogP contribution is 2.22. The summed E-state index contributed by atoms with van der Waals surface area (Å²) in [5, 5.41) is 12.8. The fourth-order valence-corrected chi connectivity index (χ4v) is 2.88. The number of likely N-dealkylation sites (N-methyl/N-ethyl adjacent to an activating group) is 1. The highest BCUT2D eigenvalue weighted by molar-refractivity contribution is 6.03. The van der Waals surface area contributed by atoms with Gasteiger partial charge in [0.05, 0.1) is 16.8 Å². The van der Waals surface area contributed by atoms with Crippen molar-refractivity contribution in [2.75, 3.05) is 13.2 Å². The van der Waals surface area contributed by atoms with Crippen LogP contribution in [-0.4, -0.2) is 35.1 Å². The van der Waals surface area contributed by atoms with E-state index in [2.05, 4.69) is 10.3 Å².